The van der Waals surface area contributed by atoms with Crippen LogP contribution in [0.3, 0.4) is 0 Å². The second-order valence-electron chi connectivity index (χ2n) is 6.63. The number of hydrogen-bond donors (Lipinski definition) is 1. The van der Waals surface area contributed by atoms with E-state index in [9.17, 15) is 4.79 Å². The smallest absolute Gasteiger partial charge is 0.255 e. The monoisotopic (exact) mass is 377 g/mol. The molecule has 1 aliphatic heterocycles. The highest BCUT2D eigenvalue weighted by atomic mass is 16.5. The normalized spacial score (nSPS) is 14.1. The van der Waals surface area contributed by atoms with Gasteiger partial charge in [0.25, 0.3) is 5.91 Å². The fraction of sp³-hybridized carbons (Fsp3) is 0.286. The highest BCUT2D eigenvalue weighted by Crippen LogP contribution is 2.19. The summed E-state index contributed by atoms with van der Waals surface area (Å²) < 4.78 is 7.28. The lowest BCUT2D eigenvalue weighted by molar-refractivity contribution is 0.0949. The van der Waals surface area contributed by atoms with Gasteiger partial charge < -0.3 is 15.0 Å². The number of morpholine rings is 1. The fourth-order valence-corrected chi connectivity index (χ4v) is 3.32. The summed E-state index contributed by atoms with van der Waals surface area (Å²) in [6, 6.07) is 13.6. The summed E-state index contributed by atoms with van der Waals surface area (Å²) in [5.41, 5.74) is 2.79. The Morgan fingerprint density at radius 1 is 1.04 bits per heavy atom. The number of amides is 1. The third-order valence-corrected chi connectivity index (χ3v) is 4.79. The minimum Gasteiger partial charge on any atom is -0.378 e. The van der Waals surface area contributed by atoms with E-state index in [1.807, 2.05) is 41.2 Å². The van der Waals surface area contributed by atoms with Gasteiger partial charge in [-0.2, -0.15) is 5.10 Å². The van der Waals surface area contributed by atoms with Gasteiger partial charge in [-0.3, -0.25) is 9.48 Å². The molecule has 2 aromatic heterocycles. The Morgan fingerprint density at radius 2 is 1.86 bits per heavy atom. The van der Waals surface area contributed by atoms with Crippen LogP contribution in [0.4, 0.5) is 5.82 Å². The summed E-state index contributed by atoms with van der Waals surface area (Å²) in [5.74, 6) is 0.594. The van der Waals surface area contributed by atoms with Crippen LogP contribution in [0.1, 0.15) is 21.5 Å². The second kappa shape index (κ2) is 8.67. The number of pyridine rings is 1. The Balaban J connectivity index is 1.47. The fourth-order valence-electron chi connectivity index (χ4n) is 3.32. The van der Waals surface area contributed by atoms with Gasteiger partial charge in [0.2, 0.25) is 0 Å². The number of carbonyl (C=O) groups excluding carboxylic acids is 1. The average Bonchev–Trinajstić information content (AvgIpc) is 3.27. The molecule has 0 saturated carbocycles. The van der Waals surface area contributed by atoms with E-state index in [4.69, 9.17) is 4.74 Å². The lowest BCUT2D eigenvalue weighted by Crippen LogP contribution is -2.38. The molecule has 1 aliphatic rings. The van der Waals surface area contributed by atoms with Gasteiger partial charge in [0.05, 0.1) is 25.3 Å². The van der Waals surface area contributed by atoms with Crippen LogP contribution in [-0.4, -0.2) is 47.0 Å². The van der Waals surface area contributed by atoms with Gasteiger partial charge in [-0.25, -0.2) is 4.98 Å². The van der Waals surface area contributed by atoms with Gasteiger partial charge in [-0.05, 0) is 29.3 Å². The van der Waals surface area contributed by atoms with E-state index in [1.165, 1.54) is 0 Å². The Hall–Kier alpha value is -3.19. The van der Waals surface area contributed by atoms with E-state index in [-0.39, 0.29) is 5.91 Å². The zero-order valence-electron chi connectivity index (χ0n) is 15.6. The topological polar surface area (TPSA) is 72.3 Å². The van der Waals surface area contributed by atoms with E-state index >= 15 is 0 Å². The van der Waals surface area contributed by atoms with Crippen molar-refractivity contribution >= 4 is 11.7 Å². The number of ether oxygens (including phenoxy) is 1. The molecule has 1 saturated heterocycles. The number of aromatic nitrogens is 3. The summed E-state index contributed by atoms with van der Waals surface area (Å²) in [7, 11) is 0. The summed E-state index contributed by atoms with van der Waals surface area (Å²) in [6.07, 6.45) is 5.42. The number of benzene rings is 1. The molecule has 4 rings (SSSR count). The van der Waals surface area contributed by atoms with Crippen LogP contribution in [0, 0.1) is 0 Å². The van der Waals surface area contributed by atoms with Crippen molar-refractivity contribution in [1.82, 2.24) is 20.1 Å². The van der Waals surface area contributed by atoms with Crippen molar-refractivity contribution < 1.29 is 9.53 Å². The molecule has 0 aliphatic carbocycles. The van der Waals surface area contributed by atoms with Crippen molar-refractivity contribution in [1.29, 1.82) is 0 Å². The van der Waals surface area contributed by atoms with Crippen LogP contribution in [0.25, 0.3) is 0 Å². The minimum atomic E-state index is -0.122. The Morgan fingerprint density at radius 3 is 2.64 bits per heavy atom. The lowest BCUT2D eigenvalue weighted by atomic mass is 10.1. The largest absolute Gasteiger partial charge is 0.378 e. The first-order chi connectivity index (χ1) is 13.8. The van der Waals surface area contributed by atoms with Gasteiger partial charge >= 0.3 is 0 Å². The average molecular weight is 377 g/mol. The van der Waals surface area contributed by atoms with Crippen LogP contribution in [-0.2, 0) is 17.8 Å². The number of hydrogen-bond acceptors (Lipinski definition) is 5. The molecule has 1 aromatic carbocycles. The zero-order valence-corrected chi connectivity index (χ0v) is 15.6. The van der Waals surface area contributed by atoms with Crippen molar-refractivity contribution in [3.8, 4) is 0 Å². The van der Waals surface area contributed by atoms with Crippen molar-refractivity contribution in [2.24, 2.45) is 0 Å². The van der Waals surface area contributed by atoms with Crippen molar-refractivity contribution in [3.63, 3.8) is 0 Å². The second-order valence-corrected chi connectivity index (χ2v) is 6.63. The SMILES string of the molecule is O=C(NCc1ccccc1Cn1cccn1)c1cccnc1N1CCOCC1. The van der Waals surface area contributed by atoms with Crippen molar-refractivity contribution in [2.45, 2.75) is 13.1 Å². The molecule has 0 unspecified atom stereocenters. The number of nitrogens with zero attached hydrogens (tertiary/aromatic N) is 4. The number of rotatable bonds is 6. The van der Waals surface area contributed by atoms with E-state index in [2.05, 4.69) is 26.4 Å². The third-order valence-electron chi connectivity index (χ3n) is 4.79. The number of carbonyl (C=O) groups is 1. The van der Waals surface area contributed by atoms with E-state index in [0.29, 0.717) is 37.7 Å². The number of anilines is 1. The third kappa shape index (κ3) is 4.20. The molecule has 1 amide bonds. The van der Waals surface area contributed by atoms with Crippen LogP contribution in [0.5, 0.6) is 0 Å². The molecule has 7 nitrogen and oxygen atoms in total. The Labute approximate surface area is 164 Å². The summed E-state index contributed by atoms with van der Waals surface area (Å²) in [5, 5.41) is 7.31. The first-order valence-corrected chi connectivity index (χ1v) is 9.41. The molecule has 0 bridgehead atoms. The molecule has 0 atom stereocenters. The van der Waals surface area contributed by atoms with E-state index in [0.717, 1.165) is 24.2 Å². The van der Waals surface area contributed by atoms with E-state index < -0.39 is 0 Å². The molecule has 3 aromatic rings. The maximum absolute atomic E-state index is 12.9. The zero-order chi connectivity index (χ0) is 19.2. The maximum atomic E-state index is 12.9. The van der Waals surface area contributed by atoms with Crippen molar-refractivity contribution in [3.05, 3.63) is 77.7 Å². The van der Waals surface area contributed by atoms with E-state index in [1.54, 1.807) is 18.5 Å². The quantitative estimate of drug-likeness (QED) is 0.712. The molecule has 1 N–H and O–H groups in total. The summed E-state index contributed by atoms with van der Waals surface area (Å²) in [4.78, 5) is 19.4. The first-order valence-electron chi connectivity index (χ1n) is 9.41. The minimum absolute atomic E-state index is 0.122. The molecule has 0 radical (unpaired) electrons. The highest BCUT2D eigenvalue weighted by molar-refractivity contribution is 5.98. The van der Waals surface area contributed by atoms with Gasteiger partial charge in [0.15, 0.2) is 0 Å². The van der Waals surface area contributed by atoms with Gasteiger partial charge in [-0.15, -0.1) is 0 Å². The highest BCUT2D eigenvalue weighted by Gasteiger charge is 2.19. The predicted octanol–water partition coefficient (Wildman–Crippen LogP) is 2.09. The van der Waals surface area contributed by atoms with Gasteiger partial charge in [0, 0.05) is 38.2 Å². The van der Waals surface area contributed by atoms with Gasteiger partial charge in [-0.1, -0.05) is 24.3 Å². The molecule has 1 fully saturated rings. The Bertz CT molecular complexity index is 920. The standard InChI is InChI=1S/C21H23N5O2/c27-21(19-7-3-8-22-20(19)25-11-13-28-14-12-25)23-15-17-5-1-2-6-18(17)16-26-10-4-9-24-26/h1-10H,11-16H2,(H,23,27). The van der Waals surface area contributed by atoms with Crippen LogP contribution < -0.4 is 10.2 Å². The van der Waals surface area contributed by atoms with Crippen molar-refractivity contribution in [2.75, 3.05) is 31.2 Å². The predicted molar refractivity (Wildman–Crippen MR) is 106 cm³/mol. The lowest BCUT2D eigenvalue weighted by Gasteiger charge is -2.29. The van der Waals surface area contributed by atoms with Gasteiger partial charge in [0.1, 0.15) is 5.82 Å². The molecular formula is C21H23N5O2. The number of nitrogens with one attached hydrogen (secondary N) is 1. The maximum Gasteiger partial charge on any atom is 0.255 e. The van der Waals surface area contributed by atoms with Crippen LogP contribution in [0.15, 0.2) is 61.1 Å². The molecule has 28 heavy (non-hydrogen) atoms. The van der Waals surface area contributed by atoms with Crippen LogP contribution >= 0.6 is 0 Å². The summed E-state index contributed by atoms with van der Waals surface area (Å²) >= 11 is 0. The molecule has 144 valence electrons. The molecular weight excluding hydrogens is 354 g/mol. The first kappa shape index (κ1) is 18.2. The Kier molecular flexibility index (Phi) is 5.63. The summed E-state index contributed by atoms with van der Waals surface area (Å²) in [6.45, 7) is 3.91. The van der Waals surface area contributed by atoms with Crippen LogP contribution in [0.2, 0.25) is 0 Å². The molecule has 7 heteroatoms. The molecule has 0 spiro atoms. The molecule has 3 heterocycles.